The molecule has 7 nitrogen and oxygen atoms in total. The molecule has 0 radical (unpaired) electrons. The number of carbonyl (C=O) groups is 2. The fourth-order valence-corrected chi connectivity index (χ4v) is 3.10. The summed E-state index contributed by atoms with van der Waals surface area (Å²) in [4.78, 5) is 24.5. The van der Waals surface area contributed by atoms with Crippen LogP contribution in [0.1, 0.15) is 44.6 Å². The molecule has 1 saturated carbocycles. The van der Waals surface area contributed by atoms with E-state index in [1.807, 2.05) is 20.8 Å². The Morgan fingerprint density at radius 2 is 2.04 bits per heavy atom. The van der Waals surface area contributed by atoms with Crippen molar-refractivity contribution in [2.75, 3.05) is 18.5 Å². The molecule has 2 atom stereocenters. The normalized spacial score (nSPS) is 25.0. The molecule has 1 heterocycles. The van der Waals surface area contributed by atoms with Gasteiger partial charge >= 0.3 is 5.97 Å². The minimum absolute atomic E-state index is 0.0379. The highest BCUT2D eigenvalue weighted by Crippen LogP contribution is 2.50. The van der Waals surface area contributed by atoms with Crippen LogP contribution in [0.5, 0.6) is 0 Å². The highest BCUT2D eigenvalue weighted by molar-refractivity contribution is 6.00. The molecule has 7 heteroatoms. The highest BCUT2D eigenvalue weighted by Gasteiger charge is 2.62. The minimum atomic E-state index is -1.01. The van der Waals surface area contributed by atoms with Crippen molar-refractivity contribution in [3.63, 3.8) is 0 Å². The van der Waals surface area contributed by atoms with Crippen LogP contribution in [0, 0.1) is 5.41 Å². The maximum atomic E-state index is 12.7. The number of amides is 1. The van der Waals surface area contributed by atoms with Gasteiger partial charge in [-0.15, -0.1) is 0 Å². The van der Waals surface area contributed by atoms with Gasteiger partial charge in [0.2, 0.25) is 5.91 Å². The zero-order valence-corrected chi connectivity index (χ0v) is 15.0. The molecule has 1 fully saturated rings. The zero-order valence-electron chi connectivity index (χ0n) is 15.0. The summed E-state index contributed by atoms with van der Waals surface area (Å²) in [7, 11) is 1.72. The van der Waals surface area contributed by atoms with E-state index in [9.17, 15) is 9.59 Å². The second-order valence-electron chi connectivity index (χ2n) is 6.74. The Balaban J connectivity index is 2.11. The Morgan fingerprint density at radius 1 is 1.38 bits per heavy atom. The lowest BCUT2D eigenvalue weighted by Crippen LogP contribution is -2.74. The molecule has 0 bridgehead atoms. The lowest BCUT2D eigenvalue weighted by Gasteiger charge is -2.57. The molecule has 1 aliphatic carbocycles. The molecular formula is C17H27N3O4. The molecule has 2 rings (SSSR count). The maximum absolute atomic E-state index is 12.7. The Bertz CT molecular complexity index is 638. The summed E-state index contributed by atoms with van der Waals surface area (Å²) in [6, 6.07) is 1.59. The Kier molecular flexibility index (Phi) is 5.05. The van der Waals surface area contributed by atoms with Crippen LogP contribution in [-0.2, 0) is 21.3 Å². The number of aryl methyl sites for hydroxylation is 1. The highest BCUT2D eigenvalue weighted by atomic mass is 16.5. The third-order valence-corrected chi connectivity index (χ3v) is 4.98. The van der Waals surface area contributed by atoms with E-state index in [1.165, 1.54) is 0 Å². The van der Waals surface area contributed by atoms with E-state index in [0.717, 1.165) is 0 Å². The number of nitrogens with two attached hydrogens (primary N) is 1. The van der Waals surface area contributed by atoms with Gasteiger partial charge in [0.05, 0.1) is 18.4 Å². The quantitative estimate of drug-likeness (QED) is 0.770. The van der Waals surface area contributed by atoms with E-state index in [2.05, 4.69) is 5.32 Å². The van der Waals surface area contributed by atoms with E-state index in [1.54, 1.807) is 30.8 Å². The molecule has 0 aliphatic heterocycles. The number of hydrogen-bond donors (Lipinski definition) is 2. The predicted molar refractivity (Wildman–Crippen MR) is 90.7 cm³/mol. The van der Waals surface area contributed by atoms with Crippen LogP contribution in [0.2, 0.25) is 0 Å². The number of rotatable bonds is 6. The Hall–Kier alpha value is -1.86. The number of carbonyl (C=O) groups excluding carboxylic acids is 2. The van der Waals surface area contributed by atoms with Crippen molar-refractivity contribution in [1.29, 1.82) is 0 Å². The van der Waals surface area contributed by atoms with Crippen molar-refractivity contribution in [3.05, 3.63) is 18.0 Å². The van der Waals surface area contributed by atoms with Gasteiger partial charge in [-0.3, -0.25) is 4.79 Å². The van der Waals surface area contributed by atoms with Crippen molar-refractivity contribution < 1.29 is 19.1 Å². The second-order valence-corrected chi connectivity index (χ2v) is 6.74. The van der Waals surface area contributed by atoms with Gasteiger partial charge in [-0.05, 0) is 19.9 Å². The first kappa shape index (κ1) is 18.5. The molecular weight excluding hydrogens is 310 g/mol. The van der Waals surface area contributed by atoms with Gasteiger partial charge in [0.15, 0.2) is 0 Å². The van der Waals surface area contributed by atoms with E-state index in [0.29, 0.717) is 31.0 Å². The molecule has 1 aromatic heterocycles. The van der Waals surface area contributed by atoms with Gasteiger partial charge in [0.1, 0.15) is 11.2 Å². The SMILES string of the molecule is CCOC(=O)c1cc(NC(=O)C2(N)CC(OCC)C2(C)C)cn1C. The van der Waals surface area contributed by atoms with Crippen LogP contribution in [0.4, 0.5) is 5.69 Å². The third-order valence-electron chi connectivity index (χ3n) is 4.98. The van der Waals surface area contributed by atoms with Crippen LogP contribution in [0.15, 0.2) is 12.3 Å². The lowest BCUT2D eigenvalue weighted by molar-refractivity contribution is -0.166. The van der Waals surface area contributed by atoms with Gasteiger partial charge in [-0.1, -0.05) is 13.8 Å². The van der Waals surface area contributed by atoms with Crippen molar-refractivity contribution in [1.82, 2.24) is 4.57 Å². The summed E-state index contributed by atoms with van der Waals surface area (Å²) < 4.78 is 12.2. The third kappa shape index (κ3) is 2.93. The summed E-state index contributed by atoms with van der Waals surface area (Å²) in [5, 5.41) is 2.81. The van der Waals surface area contributed by atoms with Crippen LogP contribution in [-0.4, -0.2) is 41.3 Å². The first-order chi connectivity index (χ1) is 11.2. The Labute approximate surface area is 142 Å². The molecule has 134 valence electrons. The molecule has 1 aliphatic rings. The molecule has 1 amide bonds. The monoisotopic (exact) mass is 337 g/mol. The number of ether oxygens (including phenoxy) is 2. The summed E-state index contributed by atoms with van der Waals surface area (Å²) >= 11 is 0. The van der Waals surface area contributed by atoms with Crippen LogP contribution < -0.4 is 11.1 Å². The van der Waals surface area contributed by atoms with Gasteiger partial charge in [0.25, 0.3) is 0 Å². The smallest absolute Gasteiger partial charge is 0.355 e. The average molecular weight is 337 g/mol. The molecule has 2 unspecified atom stereocenters. The van der Waals surface area contributed by atoms with Crippen molar-refractivity contribution in [2.45, 2.75) is 45.8 Å². The Morgan fingerprint density at radius 3 is 2.58 bits per heavy atom. The van der Waals surface area contributed by atoms with Crippen molar-refractivity contribution >= 4 is 17.6 Å². The fraction of sp³-hybridized carbons (Fsp3) is 0.647. The topological polar surface area (TPSA) is 95.6 Å². The van der Waals surface area contributed by atoms with Crippen LogP contribution in [0.25, 0.3) is 0 Å². The zero-order chi connectivity index (χ0) is 18.1. The number of nitrogens with zero attached hydrogens (tertiary/aromatic N) is 1. The number of anilines is 1. The molecule has 0 saturated heterocycles. The van der Waals surface area contributed by atoms with E-state index in [-0.39, 0.29) is 12.0 Å². The molecule has 0 spiro atoms. The van der Waals surface area contributed by atoms with Gasteiger partial charge in [-0.25, -0.2) is 4.79 Å². The second kappa shape index (κ2) is 6.57. The summed E-state index contributed by atoms with van der Waals surface area (Å²) in [6.07, 6.45) is 2.10. The molecule has 1 aromatic rings. The fourth-order valence-electron chi connectivity index (χ4n) is 3.10. The predicted octanol–water partition coefficient (Wildman–Crippen LogP) is 1.67. The van der Waals surface area contributed by atoms with Crippen LogP contribution in [0.3, 0.4) is 0 Å². The first-order valence-corrected chi connectivity index (χ1v) is 8.22. The van der Waals surface area contributed by atoms with Crippen LogP contribution >= 0.6 is 0 Å². The number of aromatic nitrogens is 1. The summed E-state index contributed by atoms with van der Waals surface area (Å²) in [5.41, 5.74) is 5.77. The largest absolute Gasteiger partial charge is 0.461 e. The summed E-state index contributed by atoms with van der Waals surface area (Å²) in [5.74, 6) is -0.701. The molecule has 0 aromatic carbocycles. The summed E-state index contributed by atoms with van der Waals surface area (Å²) in [6.45, 7) is 8.43. The van der Waals surface area contributed by atoms with Crippen molar-refractivity contribution in [3.8, 4) is 0 Å². The first-order valence-electron chi connectivity index (χ1n) is 8.22. The lowest BCUT2D eigenvalue weighted by atomic mass is 9.54. The standard InChI is InChI=1S/C17H27N3O4/c1-6-23-13-9-17(18,16(13,3)4)15(22)19-11-8-12(20(5)10-11)14(21)24-7-2/h8,10,13H,6-7,9,18H2,1-5H3,(H,19,22). The number of nitrogens with one attached hydrogen (secondary N) is 1. The van der Waals surface area contributed by atoms with E-state index >= 15 is 0 Å². The van der Waals surface area contributed by atoms with Gasteiger partial charge in [-0.2, -0.15) is 0 Å². The van der Waals surface area contributed by atoms with E-state index in [4.69, 9.17) is 15.2 Å². The average Bonchev–Trinajstić information content (AvgIpc) is 2.87. The minimum Gasteiger partial charge on any atom is -0.461 e. The molecule has 3 N–H and O–H groups in total. The van der Waals surface area contributed by atoms with E-state index < -0.39 is 16.9 Å². The van der Waals surface area contributed by atoms with Gasteiger partial charge < -0.3 is 25.1 Å². The van der Waals surface area contributed by atoms with Crippen molar-refractivity contribution in [2.24, 2.45) is 18.2 Å². The van der Waals surface area contributed by atoms with Gasteiger partial charge in [0, 0.05) is 31.7 Å². The number of esters is 1. The molecule has 24 heavy (non-hydrogen) atoms. The maximum Gasteiger partial charge on any atom is 0.355 e. The number of hydrogen-bond acceptors (Lipinski definition) is 5.